The molecule has 0 unspecified atom stereocenters. The topological polar surface area (TPSA) is 72.3 Å². The first-order valence-electron chi connectivity index (χ1n) is 6.10. The van der Waals surface area contributed by atoms with Gasteiger partial charge in [-0.05, 0) is 24.1 Å². The third kappa shape index (κ3) is 4.20. The summed E-state index contributed by atoms with van der Waals surface area (Å²) in [6.45, 7) is 3.47. The van der Waals surface area contributed by atoms with Crippen LogP contribution in [-0.2, 0) is 11.3 Å². The van der Waals surface area contributed by atoms with Gasteiger partial charge in [0.25, 0.3) is 0 Å². The molecule has 0 bridgehead atoms. The van der Waals surface area contributed by atoms with E-state index in [1.807, 2.05) is 17.0 Å². The molecule has 0 saturated carbocycles. The number of unbranched alkanes of at least 4 members (excludes halogenated alkanes) is 1. The predicted octanol–water partition coefficient (Wildman–Crippen LogP) is 1.89. The van der Waals surface area contributed by atoms with Crippen LogP contribution in [0, 0.1) is 0 Å². The van der Waals surface area contributed by atoms with Crippen LogP contribution in [0.1, 0.15) is 25.3 Å². The van der Waals surface area contributed by atoms with Gasteiger partial charge in [-0.15, -0.1) is 0 Å². The molecule has 4 N–H and O–H groups in total. The molecule has 0 aliphatic carbocycles. The fourth-order valence-corrected chi connectivity index (χ4v) is 1.99. The minimum absolute atomic E-state index is 0.188. The number of primary amides is 1. The third-order valence-corrected chi connectivity index (χ3v) is 2.97. The molecule has 1 rings (SSSR count). The number of hydrogen-bond acceptors (Lipinski definition) is 3. The summed E-state index contributed by atoms with van der Waals surface area (Å²) in [5, 5.41) is 0.633. The highest BCUT2D eigenvalue weighted by molar-refractivity contribution is 6.30. The van der Waals surface area contributed by atoms with Crippen molar-refractivity contribution in [2.75, 3.05) is 18.0 Å². The first-order chi connectivity index (χ1) is 8.58. The molecule has 0 aromatic heterocycles. The van der Waals surface area contributed by atoms with Crippen LogP contribution in [0.4, 0.5) is 5.69 Å². The van der Waals surface area contributed by atoms with Gasteiger partial charge in [0, 0.05) is 23.8 Å². The molecule has 0 heterocycles. The highest BCUT2D eigenvalue weighted by atomic mass is 35.5. The molecule has 0 spiro atoms. The van der Waals surface area contributed by atoms with Crippen molar-refractivity contribution in [2.24, 2.45) is 11.5 Å². The van der Waals surface area contributed by atoms with Crippen LogP contribution in [0.3, 0.4) is 0 Å². The molecule has 1 aromatic rings. The van der Waals surface area contributed by atoms with Crippen LogP contribution in [0.5, 0.6) is 0 Å². The molecule has 4 nitrogen and oxygen atoms in total. The van der Waals surface area contributed by atoms with Gasteiger partial charge in [-0.2, -0.15) is 0 Å². The Labute approximate surface area is 113 Å². The Morgan fingerprint density at radius 2 is 2.17 bits per heavy atom. The quantitative estimate of drug-likeness (QED) is 0.794. The second-order valence-electron chi connectivity index (χ2n) is 4.22. The van der Waals surface area contributed by atoms with Gasteiger partial charge in [-0.1, -0.05) is 31.0 Å². The van der Waals surface area contributed by atoms with Gasteiger partial charge in [0.1, 0.15) is 0 Å². The second-order valence-corrected chi connectivity index (χ2v) is 4.66. The standard InChI is InChI=1S/C13H20ClN3O/c1-2-3-6-17(9-13(16)18)12-7-11(14)5-4-10(12)8-15/h4-5,7H,2-3,6,8-9,15H2,1H3,(H2,16,18). The maximum atomic E-state index is 11.1. The van der Waals surface area contributed by atoms with E-state index in [2.05, 4.69) is 6.92 Å². The number of carbonyl (C=O) groups is 1. The molecule has 0 fully saturated rings. The van der Waals surface area contributed by atoms with Crippen LogP contribution in [0.15, 0.2) is 18.2 Å². The first kappa shape index (κ1) is 14.8. The predicted molar refractivity (Wildman–Crippen MR) is 75.7 cm³/mol. The Hall–Kier alpha value is -1.26. The van der Waals surface area contributed by atoms with Crippen molar-refractivity contribution in [1.29, 1.82) is 0 Å². The third-order valence-electron chi connectivity index (χ3n) is 2.74. The van der Waals surface area contributed by atoms with E-state index in [1.165, 1.54) is 0 Å². The minimum atomic E-state index is -0.353. The number of nitrogens with zero attached hydrogens (tertiary/aromatic N) is 1. The fraction of sp³-hybridized carbons (Fsp3) is 0.462. The Bertz CT molecular complexity index is 409. The smallest absolute Gasteiger partial charge is 0.236 e. The molecule has 0 atom stereocenters. The molecule has 1 amide bonds. The molecule has 18 heavy (non-hydrogen) atoms. The van der Waals surface area contributed by atoms with E-state index >= 15 is 0 Å². The summed E-state index contributed by atoms with van der Waals surface area (Å²) in [5.41, 5.74) is 12.9. The fourth-order valence-electron chi connectivity index (χ4n) is 1.83. The molecule has 0 aliphatic rings. The first-order valence-corrected chi connectivity index (χ1v) is 6.48. The van der Waals surface area contributed by atoms with E-state index in [0.717, 1.165) is 30.6 Å². The average Bonchev–Trinajstić information content (AvgIpc) is 2.34. The van der Waals surface area contributed by atoms with E-state index < -0.39 is 0 Å². The lowest BCUT2D eigenvalue weighted by molar-refractivity contribution is -0.116. The Balaban J connectivity index is 3.01. The number of anilines is 1. The zero-order chi connectivity index (χ0) is 13.5. The van der Waals surface area contributed by atoms with Gasteiger partial charge in [0.15, 0.2) is 0 Å². The Kier molecular flexibility index (Phi) is 5.95. The van der Waals surface area contributed by atoms with Crippen molar-refractivity contribution in [3.8, 4) is 0 Å². The molecule has 100 valence electrons. The highest BCUT2D eigenvalue weighted by Crippen LogP contribution is 2.25. The average molecular weight is 270 g/mol. The molecular formula is C13H20ClN3O. The van der Waals surface area contributed by atoms with Crippen molar-refractivity contribution < 1.29 is 4.79 Å². The largest absolute Gasteiger partial charge is 0.368 e. The van der Waals surface area contributed by atoms with Crippen LogP contribution in [0.2, 0.25) is 5.02 Å². The summed E-state index contributed by atoms with van der Waals surface area (Å²) in [7, 11) is 0. The van der Waals surface area contributed by atoms with E-state index in [9.17, 15) is 4.79 Å². The van der Waals surface area contributed by atoms with E-state index in [1.54, 1.807) is 6.07 Å². The van der Waals surface area contributed by atoms with Crippen LogP contribution in [0.25, 0.3) is 0 Å². The second kappa shape index (κ2) is 7.24. The van der Waals surface area contributed by atoms with Crippen molar-refractivity contribution in [1.82, 2.24) is 0 Å². The zero-order valence-corrected chi connectivity index (χ0v) is 11.4. The SMILES string of the molecule is CCCCN(CC(N)=O)c1cc(Cl)ccc1CN. The number of hydrogen-bond donors (Lipinski definition) is 2. The molecular weight excluding hydrogens is 250 g/mol. The van der Waals surface area contributed by atoms with E-state index in [-0.39, 0.29) is 12.5 Å². The van der Waals surface area contributed by atoms with E-state index in [4.69, 9.17) is 23.1 Å². The van der Waals surface area contributed by atoms with Crippen LogP contribution in [-0.4, -0.2) is 19.0 Å². The van der Waals surface area contributed by atoms with Gasteiger partial charge in [0.2, 0.25) is 5.91 Å². The molecule has 0 radical (unpaired) electrons. The van der Waals surface area contributed by atoms with Crippen molar-refractivity contribution in [3.63, 3.8) is 0 Å². The number of halogens is 1. The van der Waals surface area contributed by atoms with Crippen molar-refractivity contribution in [3.05, 3.63) is 28.8 Å². The zero-order valence-electron chi connectivity index (χ0n) is 10.7. The number of benzene rings is 1. The van der Waals surface area contributed by atoms with E-state index in [0.29, 0.717) is 11.6 Å². The van der Waals surface area contributed by atoms with Gasteiger partial charge >= 0.3 is 0 Å². The normalized spacial score (nSPS) is 10.4. The minimum Gasteiger partial charge on any atom is -0.368 e. The summed E-state index contributed by atoms with van der Waals surface area (Å²) in [5.74, 6) is -0.353. The summed E-state index contributed by atoms with van der Waals surface area (Å²) >= 11 is 6.00. The molecule has 5 heteroatoms. The maximum Gasteiger partial charge on any atom is 0.236 e. The number of rotatable bonds is 7. The molecule has 0 aliphatic heterocycles. The highest BCUT2D eigenvalue weighted by Gasteiger charge is 2.13. The van der Waals surface area contributed by atoms with Gasteiger partial charge < -0.3 is 16.4 Å². The monoisotopic (exact) mass is 269 g/mol. The Morgan fingerprint density at radius 1 is 1.44 bits per heavy atom. The summed E-state index contributed by atoms with van der Waals surface area (Å²) in [4.78, 5) is 13.1. The number of nitrogens with two attached hydrogens (primary N) is 2. The van der Waals surface area contributed by atoms with Gasteiger partial charge in [0.05, 0.1) is 6.54 Å². The van der Waals surface area contributed by atoms with Gasteiger partial charge in [-0.25, -0.2) is 0 Å². The number of amides is 1. The van der Waals surface area contributed by atoms with Crippen molar-refractivity contribution in [2.45, 2.75) is 26.3 Å². The maximum absolute atomic E-state index is 11.1. The van der Waals surface area contributed by atoms with Crippen molar-refractivity contribution >= 4 is 23.2 Å². The van der Waals surface area contributed by atoms with Gasteiger partial charge in [-0.3, -0.25) is 4.79 Å². The lowest BCUT2D eigenvalue weighted by Gasteiger charge is -2.25. The lowest BCUT2D eigenvalue weighted by atomic mass is 10.1. The summed E-state index contributed by atoms with van der Waals surface area (Å²) < 4.78 is 0. The molecule has 0 saturated heterocycles. The lowest BCUT2D eigenvalue weighted by Crippen LogP contribution is -2.35. The molecule has 1 aromatic carbocycles. The van der Waals surface area contributed by atoms with Crippen LogP contribution >= 0.6 is 11.6 Å². The van der Waals surface area contributed by atoms with Crippen LogP contribution < -0.4 is 16.4 Å². The summed E-state index contributed by atoms with van der Waals surface area (Å²) in [6, 6.07) is 5.52. The summed E-state index contributed by atoms with van der Waals surface area (Å²) in [6.07, 6.45) is 2.04. The Morgan fingerprint density at radius 3 is 2.72 bits per heavy atom. The number of carbonyl (C=O) groups excluding carboxylic acids is 1.